The van der Waals surface area contributed by atoms with Gasteiger partial charge in [-0.05, 0) is 0 Å². The van der Waals surface area contributed by atoms with Crippen LogP contribution in [0.25, 0.3) is 0 Å². The molecule has 0 radical (unpaired) electrons. The highest BCUT2D eigenvalue weighted by Gasteiger charge is 2.32. The highest BCUT2D eigenvalue weighted by atomic mass is 32.1. The number of nitrogens with zero attached hydrogens (tertiary/aromatic N) is 1. The minimum Gasteiger partial charge on any atom is -0.493 e. The number of ether oxygens (including phenoxy) is 2. The number of benzene rings is 1. The van der Waals surface area contributed by atoms with Gasteiger partial charge < -0.3 is 19.5 Å². The van der Waals surface area contributed by atoms with Crippen LogP contribution in [0.2, 0.25) is 0 Å². The first-order valence-electron chi connectivity index (χ1n) is 5.95. The lowest BCUT2D eigenvalue weighted by Gasteiger charge is -2.20. The summed E-state index contributed by atoms with van der Waals surface area (Å²) >= 11 is 4.27. The maximum absolute atomic E-state index is 11.9. The van der Waals surface area contributed by atoms with Crippen LogP contribution in [0.15, 0.2) is 12.1 Å². The number of hydrogen-bond acceptors (Lipinski definition) is 5. The van der Waals surface area contributed by atoms with Crippen LogP contribution in [0.3, 0.4) is 0 Å². The van der Waals surface area contributed by atoms with E-state index in [4.69, 9.17) is 9.47 Å². The van der Waals surface area contributed by atoms with E-state index in [-0.39, 0.29) is 23.1 Å². The van der Waals surface area contributed by atoms with Gasteiger partial charge in [-0.15, -0.1) is 0 Å². The average molecular weight is 297 g/mol. The number of rotatable bonds is 4. The molecule has 0 saturated carbocycles. The summed E-state index contributed by atoms with van der Waals surface area (Å²) in [5.41, 5.74) is 0.301. The molecule has 1 atom stereocenters. The van der Waals surface area contributed by atoms with Gasteiger partial charge in [0.2, 0.25) is 5.91 Å². The van der Waals surface area contributed by atoms with Crippen LogP contribution in [0.5, 0.6) is 11.5 Å². The van der Waals surface area contributed by atoms with Crippen LogP contribution in [-0.2, 0) is 4.79 Å². The molecular weight excluding hydrogens is 282 g/mol. The van der Waals surface area contributed by atoms with Crippen molar-refractivity contribution >= 4 is 30.2 Å². The Kier molecular flexibility index (Phi) is 4.08. The fourth-order valence-electron chi connectivity index (χ4n) is 2.18. The molecule has 1 aliphatic heterocycles. The van der Waals surface area contributed by atoms with Crippen LogP contribution in [0.4, 0.5) is 5.69 Å². The molecule has 20 heavy (non-hydrogen) atoms. The molecule has 1 unspecified atom stereocenters. The molecule has 0 bridgehead atoms. The lowest BCUT2D eigenvalue weighted by atomic mass is 10.1. The van der Waals surface area contributed by atoms with E-state index in [1.54, 1.807) is 0 Å². The molecule has 0 aliphatic carbocycles. The van der Waals surface area contributed by atoms with E-state index < -0.39 is 5.97 Å². The summed E-state index contributed by atoms with van der Waals surface area (Å²) in [7, 11) is 2.88. The highest BCUT2D eigenvalue weighted by Crippen LogP contribution is 2.37. The largest absolute Gasteiger partial charge is 0.493 e. The van der Waals surface area contributed by atoms with Crippen LogP contribution >= 0.6 is 12.6 Å². The van der Waals surface area contributed by atoms with E-state index in [2.05, 4.69) is 12.6 Å². The zero-order chi connectivity index (χ0) is 14.9. The second-order valence-corrected chi connectivity index (χ2v) is 5.12. The third-order valence-electron chi connectivity index (χ3n) is 3.13. The molecule has 2 rings (SSSR count). The summed E-state index contributed by atoms with van der Waals surface area (Å²) in [5, 5.41) is 9.21. The number of amides is 1. The van der Waals surface area contributed by atoms with E-state index in [0.29, 0.717) is 23.7 Å². The quantitative estimate of drug-likeness (QED) is 0.822. The summed E-state index contributed by atoms with van der Waals surface area (Å²) in [5.74, 6) is -0.596. The van der Waals surface area contributed by atoms with E-state index >= 15 is 0 Å². The first-order valence-corrected chi connectivity index (χ1v) is 6.47. The topological polar surface area (TPSA) is 76.1 Å². The molecule has 108 valence electrons. The lowest BCUT2D eigenvalue weighted by molar-refractivity contribution is -0.117. The maximum atomic E-state index is 11.9. The van der Waals surface area contributed by atoms with Gasteiger partial charge in [-0.3, -0.25) is 4.79 Å². The van der Waals surface area contributed by atoms with E-state index in [0.717, 1.165) is 0 Å². The summed E-state index contributed by atoms with van der Waals surface area (Å²) in [4.78, 5) is 24.7. The molecule has 6 nitrogen and oxygen atoms in total. The van der Waals surface area contributed by atoms with Crippen molar-refractivity contribution in [2.75, 3.05) is 25.7 Å². The van der Waals surface area contributed by atoms with Crippen molar-refractivity contribution in [3.63, 3.8) is 0 Å². The van der Waals surface area contributed by atoms with Crippen molar-refractivity contribution in [1.29, 1.82) is 0 Å². The van der Waals surface area contributed by atoms with Crippen molar-refractivity contribution < 1.29 is 24.2 Å². The summed E-state index contributed by atoms with van der Waals surface area (Å²) in [6.45, 7) is 0.373. The first-order chi connectivity index (χ1) is 9.47. The number of hydrogen-bond donors (Lipinski definition) is 2. The second kappa shape index (κ2) is 5.62. The molecule has 1 fully saturated rings. The summed E-state index contributed by atoms with van der Waals surface area (Å²) in [6, 6.07) is 2.86. The molecule has 1 aromatic rings. The molecule has 0 aromatic heterocycles. The Labute approximate surface area is 121 Å². The Morgan fingerprint density at radius 2 is 1.95 bits per heavy atom. The SMILES string of the molecule is COc1cc(C(=O)O)c(N2CC(S)CC2=O)cc1OC. The van der Waals surface area contributed by atoms with Gasteiger partial charge in [-0.25, -0.2) is 4.79 Å². The number of methoxy groups -OCH3 is 2. The highest BCUT2D eigenvalue weighted by molar-refractivity contribution is 7.81. The number of carboxylic acid groups (broad SMARTS) is 1. The van der Waals surface area contributed by atoms with Crippen LogP contribution < -0.4 is 14.4 Å². The van der Waals surface area contributed by atoms with Gasteiger partial charge >= 0.3 is 5.97 Å². The molecule has 1 aromatic carbocycles. The zero-order valence-electron chi connectivity index (χ0n) is 11.1. The van der Waals surface area contributed by atoms with Gasteiger partial charge in [0.25, 0.3) is 0 Å². The number of anilines is 1. The lowest BCUT2D eigenvalue weighted by Crippen LogP contribution is -2.26. The number of carbonyl (C=O) groups is 2. The minimum absolute atomic E-state index is 0.00145. The third kappa shape index (κ3) is 2.53. The van der Waals surface area contributed by atoms with Crippen molar-refractivity contribution in [3.05, 3.63) is 17.7 Å². The van der Waals surface area contributed by atoms with Gasteiger partial charge in [0, 0.05) is 30.3 Å². The third-order valence-corrected chi connectivity index (χ3v) is 3.47. The van der Waals surface area contributed by atoms with Crippen molar-refractivity contribution in [1.82, 2.24) is 0 Å². The Morgan fingerprint density at radius 1 is 1.35 bits per heavy atom. The number of carboxylic acids is 1. The molecule has 1 amide bonds. The monoisotopic (exact) mass is 297 g/mol. The van der Waals surface area contributed by atoms with E-state index in [9.17, 15) is 14.7 Å². The Hall–Kier alpha value is -1.89. The first kappa shape index (κ1) is 14.5. The van der Waals surface area contributed by atoms with E-state index in [1.165, 1.54) is 31.3 Å². The smallest absolute Gasteiger partial charge is 0.337 e. The maximum Gasteiger partial charge on any atom is 0.337 e. The van der Waals surface area contributed by atoms with Crippen LogP contribution in [0, 0.1) is 0 Å². The minimum atomic E-state index is -1.13. The second-order valence-electron chi connectivity index (χ2n) is 4.39. The van der Waals surface area contributed by atoms with E-state index in [1.807, 2.05) is 0 Å². The van der Waals surface area contributed by atoms with Gasteiger partial charge in [0.05, 0.1) is 25.5 Å². The number of carbonyl (C=O) groups excluding carboxylic acids is 1. The van der Waals surface area contributed by atoms with Gasteiger partial charge in [0.1, 0.15) is 0 Å². The number of thiol groups is 1. The summed E-state index contributed by atoms with van der Waals surface area (Å²) in [6.07, 6.45) is 0.288. The molecule has 0 spiro atoms. The molecule has 7 heteroatoms. The molecule has 1 saturated heterocycles. The van der Waals surface area contributed by atoms with Crippen LogP contribution in [-0.4, -0.2) is 43.0 Å². The average Bonchev–Trinajstić information content (AvgIpc) is 2.75. The van der Waals surface area contributed by atoms with Crippen molar-refractivity contribution in [2.24, 2.45) is 0 Å². The predicted molar refractivity (Wildman–Crippen MR) is 76.2 cm³/mol. The standard InChI is InChI=1S/C13H15NO5S/c1-18-10-4-8(13(16)17)9(5-11(10)19-2)14-6-7(20)3-12(14)15/h4-5,7,20H,3,6H2,1-2H3,(H,16,17). The molecule has 1 aliphatic rings. The van der Waals surface area contributed by atoms with Gasteiger partial charge in [0.15, 0.2) is 11.5 Å². The normalized spacial score (nSPS) is 18.2. The summed E-state index contributed by atoms with van der Waals surface area (Å²) < 4.78 is 10.2. The Morgan fingerprint density at radius 3 is 2.40 bits per heavy atom. The van der Waals surface area contributed by atoms with Gasteiger partial charge in [-0.2, -0.15) is 12.6 Å². The predicted octanol–water partition coefficient (Wildman–Crippen LogP) is 1.44. The fraction of sp³-hybridized carbons (Fsp3) is 0.385. The van der Waals surface area contributed by atoms with Crippen molar-refractivity contribution in [2.45, 2.75) is 11.7 Å². The zero-order valence-corrected chi connectivity index (χ0v) is 12.0. The van der Waals surface area contributed by atoms with Crippen molar-refractivity contribution in [3.8, 4) is 11.5 Å². The van der Waals surface area contributed by atoms with Crippen LogP contribution in [0.1, 0.15) is 16.8 Å². The fourth-order valence-corrected chi connectivity index (χ4v) is 2.50. The van der Waals surface area contributed by atoms with Gasteiger partial charge in [-0.1, -0.05) is 0 Å². The molecule has 1 heterocycles. The molecular formula is C13H15NO5S. The number of aromatic carboxylic acids is 1. The Balaban J connectivity index is 2.55. The molecule has 1 N–H and O–H groups in total. The Bertz CT molecular complexity index is 560.